The van der Waals surface area contributed by atoms with E-state index in [1.807, 2.05) is 60.9 Å². The van der Waals surface area contributed by atoms with E-state index in [4.69, 9.17) is 8.83 Å². The highest BCUT2D eigenvalue weighted by Gasteiger charge is 2.18. The average Bonchev–Trinajstić information content (AvgIpc) is 3.27. The fourth-order valence-electron chi connectivity index (χ4n) is 3.32. The zero-order valence-corrected chi connectivity index (χ0v) is 17.1. The lowest BCUT2D eigenvalue weighted by molar-refractivity contribution is 0.102. The first kappa shape index (κ1) is 19.1. The molecule has 0 atom stereocenters. The van der Waals surface area contributed by atoms with Crippen molar-refractivity contribution in [3.8, 4) is 11.5 Å². The molecular weight excluding hydrogens is 414 g/mol. The zero-order chi connectivity index (χ0) is 21.4. The number of carbonyl (C=O) groups is 1. The number of nitrogens with one attached hydrogen (secondary N) is 1. The molecule has 0 aliphatic carbocycles. The van der Waals surface area contributed by atoms with Gasteiger partial charge in [-0.2, -0.15) is 0 Å². The van der Waals surface area contributed by atoms with Gasteiger partial charge in [0.15, 0.2) is 0 Å². The van der Waals surface area contributed by atoms with E-state index in [1.54, 1.807) is 17.8 Å². The molecule has 8 heteroatoms. The minimum atomic E-state index is -0.743. The third-order valence-corrected chi connectivity index (χ3v) is 5.61. The molecule has 1 amide bonds. The molecule has 0 radical (unpaired) electrons. The first-order valence-electron chi connectivity index (χ1n) is 9.37. The molecule has 0 unspecified atom stereocenters. The van der Waals surface area contributed by atoms with Gasteiger partial charge in [0.2, 0.25) is 5.89 Å². The molecule has 3 aromatic carbocycles. The van der Waals surface area contributed by atoms with Crippen LogP contribution in [-0.2, 0) is 0 Å². The lowest BCUT2D eigenvalue weighted by Gasteiger charge is -2.05. The third kappa shape index (κ3) is 3.57. The van der Waals surface area contributed by atoms with Crippen molar-refractivity contribution < 1.29 is 13.6 Å². The number of thioether (sulfide) groups is 1. The lowest BCUT2D eigenvalue weighted by Crippen LogP contribution is -2.20. The van der Waals surface area contributed by atoms with Crippen LogP contribution in [0.1, 0.15) is 10.4 Å². The molecule has 2 heterocycles. The van der Waals surface area contributed by atoms with E-state index < -0.39 is 11.5 Å². The van der Waals surface area contributed by atoms with E-state index in [0.717, 1.165) is 21.2 Å². The van der Waals surface area contributed by atoms with E-state index in [-0.39, 0.29) is 17.5 Å². The summed E-state index contributed by atoms with van der Waals surface area (Å²) in [6.45, 7) is 0. The second-order valence-electron chi connectivity index (χ2n) is 6.74. The number of anilines is 1. The number of rotatable bonds is 4. The van der Waals surface area contributed by atoms with Crippen LogP contribution in [0, 0.1) is 0 Å². The van der Waals surface area contributed by atoms with Crippen molar-refractivity contribution in [3.63, 3.8) is 0 Å². The Morgan fingerprint density at radius 3 is 2.55 bits per heavy atom. The van der Waals surface area contributed by atoms with E-state index >= 15 is 0 Å². The zero-order valence-electron chi connectivity index (χ0n) is 16.3. The molecule has 0 aliphatic rings. The maximum Gasteiger partial charge on any atom is 0.349 e. The Hall–Kier alpha value is -3.91. The van der Waals surface area contributed by atoms with Gasteiger partial charge in [0.1, 0.15) is 11.1 Å². The van der Waals surface area contributed by atoms with Crippen molar-refractivity contribution in [2.75, 3.05) is 11.6 Å². The molecular formula is C23H15N3O4S. The summed E-state index contributed by atoms with van der Waals surface area (Å²) in [5, 5.41) is 12.8. The summed E-state index contributed by atoms with van der Waals surface area (Å²) in [5.41, 5.74) is 0.247. The van der Waals surface area contributed by atoms with Crippen molar-refractivity contribution in [1.82, 2.24) is 10.2 Å². The van der Waals surface area contributed by atoms with Gasteiger partial charge >= 0.3 is 11.6 Å². The summed E-state index contributed by atoms with van der Waals surface area (Å²) in [6, 6.07) is 20.3. The Labute approximate surface area is 180 Å². The minimum absolute atomic E-state index is 0.105. The van der Waals surface area contributed by atoms with Gasteiger partial charge in [-0.15, -0.1) is 16.9 Å². The Balaban J connectivity index is 1.46. The molecule has 7 nitrogen and oxygen atoms in total. The van der Waals surface area contributed by atoms with Crippen molar-refractivity contribution in [2.24, 2.45) is 0 Å². The molecule has 0 saturated carbocycles. The average molecular weight is 429 g/mol. The predicted molar refractivity (Wildman–Crippen MR) is 119 cm³/mol. The van der Waals surface area contributed by atoms with Crippen LogP contribution in [-0.4, -0.2) is 22.4 Å². The monoisotopic (exact) mass is 429 g/mol. The fraction of sp³-hybridized carbons (Fsp3) is 0.0435. The molecule has 0 fully saturated rings. The smallest absolute Gasteiger partial charge is 0.349 e. The number of benzene rings is 3. The van der Waals surface area contributed by atoms with Crippen LogP contribution in [0.25, 0.3) is 33.2 Å². The first-order valence-corrected chi connectivity index (χ1v) is 10.6. The number of aromatic nitrogens is 2. The van der Waals surface area contributed by atoms with Crippen LogP contribution >= 0.6 is 11.8 Å². The van der Waals surface area contributed by atoms with Crippen molar-refractivity contribution in [1.29, 1.82) is 0 Å². The Morgan fingerprint density at radius 2 is 1.74 bits per heavy atom. The first-order chi connectivity index (χ1) is 15.1. The number of nitrogens with zero attached hydrogens (tertiary/aromatic N) is 2. The van der Waals surface area contributed by atoms with Gasteiger partial charge < -0.3 is 8.83 Å². The Kier molecular flexibility index (Phi) is 4.76. The SMILES string of the molecule is CSc1ccc(-c2nnc(NC(=O)c3cc4c(ccc5ccccc54)oc3=O)o2)cc1. The molecule has 5 aromatic rings. The third-order valence-electron chi connectivity index (χ3n) is 4.87. The lowest BCUT2D eigenvalue weighted by atomic mass is 10.0. The van der Waals surface area contributed by atoms with E-state index in [2.05, 4.69) is 15.5 Å². The quantitative estimate of drug-likeness (QED) is 0.245. The van der Waals surface area contributed by atoms with E-state index in [9.17, 15) is 9.59 Å². The molecule has 152 valence electrons. The summed E-state index contributed by atoms with van der Waals surface area (Å²) < 4.78 is 10.9. The summed E-state index contributed by atoms with van der Waals surface area (Å²) >= 11 is 1.62. The van der Waals surface area contributed by atoms with Gasteiger partial charge in [-0.05, 0) is 53.4 Å². The van der Waals surface area contributed by atoms with E-state index in [0.29, 0.717) is 11.0 Å². The Morgan fingerprint density at radius 1 is 0.935 bits per heavy atom. The van der Waals surface area contributed by atoms with Crippen LogP contribution in [0.15, 0.2) is 85.3 Å². The topological polar surface area (TPSA) is 98.2 Å². The number of hydrogen-bond donors (Lipinski definition) is 1. The maximum atomic E-state index is 12.7. The second kappa shape index (κ2) is 7.73. The summed E-state index contributed by atoms with van der Waals surface area (Å²) in [7, 11) is 0. The van der Waals surface area contributed by atoms with Gasteiger partial charge in [0, 0.05) is 15.8 Å². The molecule has 0 aliphatic heterocycles. The van der Waals surface area contributed by atoms with Crippen molar-refractivity contribution >= 4 is 45.4 Å². The summed E-state index contributed by atoms with van der Waals surface area (Å²) in [4.78, 5) is 26.2. The Bertz CT molecular complexity index is 1490. The van der Waals surface area contributed by atoms with Crippen molar-refractivity contribution in [2.45, 2.75) is 4.90 Å². The van der Waals surface area contributed by atoms with Crippen molar-refractivity contribution in [3.05, 3.63) is 82.7 Å². The highest BCUT2D eigenvalue weighted by molar-refractivity contribution is 7.98. The van der Waals surface area contributed by atoms with Crippen LogP contribution in [0.2, 0.25) is 0 Å². The van der Waals surface area contributed by atoms with E-state index in [1.165, 1.54) is 6.07 Å². The number of hydrogen-bond acceptors (Lipinski definition) is 7. The van der Waals surface area contributed by atoms with Crippen LogP contribution in [0.3, 0.4) is 0 Å². The second-order valence-corrected chi connectivity index (χ2v) is 7.62. The van der Waals surface area contributed by atoms with Gasteiger partial charge in [-0.3, -0.25) is 10.1 Å². The van der Waals surface area contributed by atoms with Gasteiger partial charge in [0.25, 0.3) is 5.91 Å². The molecule has 2 aromatic heterocycles. The summed E-state index contributed by atoms with van der Waals surface area (Å²) in [6.07, 6.45) is 1.99. The van der Waals surface area contributed by atoms with Crippen LogP contribution < -0.4 is 10.9 Å². The number of amides is 1. The molecule has 1 N–H and O–H groups in total. The van der Waals surface area contributed by atoms with Gasteiger partial charge in [-0.1, -0.05) is 35.4 Å². The van der Waals surface area contributed by atoms with Crippen LogP contribution in [0.4, 0.5) is 6.01 Å². The maximum absolute atomic E-state index is 12.7. The largest absolute Gasteiger partial charge is 0.422 e. The van der Waals surface area contributed by atoms with Gasteiger partial charge in [-0.25, -0.2) is 4.79 Å². The molecule has 5 rings (SSSR count). The number of carbonyl (C=O) groups excluding carboxylic acids is 1. The van der Waals surface area contributed by atoms with Gasteiger partial charge in [0.05, 0.1) is 0 Å². The highest BCUT2D eigenvalue weighted by Crippen LogP contribution is 2.26. The standard InChI is InChI=1S/C23H15N3O4S/c1-31-15-9-6-14(7-10-15)21-25-26-23(30-21)24-20(27)18-12-17-16-5-3-2-4-13(16)8-11-19(17)29-22(18)28/h2-12H,1H3,(H,24,26,27). The highest BCUT2D eigenvalue weighted by atomic mass is 32.2. The summed E-state index contributed by atoms with van der Waals surface area (Å²) in [5.74, 6) is -0.420. The normalized spacial score (nSPS) is 11.1. The molecule has 31 heavy (non-hydrogen) atoms. The molecule has 0 saturated heterocycles. The fourth-order valence-corrected chi connectivity index (χ4v) is 3.73. The molecule has 0 bridgehead atoms. The van der Waals surface area contributed by atoms with Crippen LogP contribution in [0.5, 0.6) is 0 Å². The molecule has 0 spiro atoms. The predicted octanol–water partition coefficient (Wildman–Crippen LogP) is 4.97. The minimum Gasteiger partial charge on any atom is -0.422 e. The number of fused-ring (bicyclic) bond motifs is 3.